The molecular weight excluding hydrogens is 448 g/mol. The maximum Gasteiger partial charge on any atom is 0.263 e. The van der Waals surface area contributed by atoms with E-state index in [1.54, 1.807) is 24.3 Å². The van der Waals surface area contributed by atoms with Crippen LogP contribution in [0, 0.1) is 0 Å². The second-order valence-corrected chi connectivity index (χ2v) is 8.81. The molecule has 0 aromatic heterocycles. The van der Waals surface area contributed by atoms with Crippen LogP contribution in [0.25, 0.3) is 43.1 Å². The molecule has 5 aromatic carbocycles. The molecule has 8 nitrogen and oxygen atoms in total. The van der Waals surface area contributed by atoms with Crippen LogP contribution in [0.15, 0.2) is 48.5 Å². The average molecular weight is 464 g/mol. The summed E-state index contributed by atoms with van der Waals surface area (Å²) < 4.78 is 0. The highest BCUT2D eigenvalue weighted by Gasteiger charge is 2.36. The molecule has 7 rings (SSSR count). The predicted molar refractivity (Wildman–Crippen MR) is 128 cm³/mol. The third-order valence-electron chi connectivity index (χ3n) is 7.27. The first-order valence-electron chi connectivity index (χ1n) is 11.1. The third-order valence-corrected chi connectivity index (χ3v) is 7.27. The van der Waals surface area contributed by atoms with Gasteiger partial charge >= 0.3 is 0 Å². The average Bonchev–Trinajstić information content (AvgIpc) is 2.87. The Morgan fingerprint density at radius 2 is 0.829 bits per heavy atom. The van der Waals surface area contributed by atoms with Crippen LogP contribution < -0.4 is 0 Å². The lowest BCUT2D eigenvalue weighted by Crippen LogP contribution is -2.42. The zero-order valence-electron chi connectivity index (χ0n) is 18.2. The Balaban J connectivity index is 1.66. The van der Waals surface area contributed by atoms with Crippen LogP contribution in [0.4, 0.5) is 0 Å². The van der Waals surface area contributed by atoms with Gasteiger partial charge in [0.1, 0.15) is 6.73 Å². The Morgan fingerprint density at radius 1 is 0.486 bits per heavy atom. The summed E-state index contributed by atoms with van der Waals surface area (Å²) in [6, 6.07) is 14.0. The molecule has 170 valence electrons. The third kappa shape index (κ3) is 2.23. The molecule has 0 radical (unpaired) electrons. The Hall–Kier alpha value is -4.40. The van der Waals surface area contributed by atoms with Crippen molar-refractivity contribution in [2.24, 2.45) is 0 Å². The number of rotatable bonds is 3. The van der Waals surface area contributed by atoms with Crippen LogP contribution >= 0.6 is 0 Å². The molecule has 35 heavy (non-hydrogen) atoms. The van der Waals surface area contributed by atoms with Gasteiger partial charge in [-0.2, -0.15) is 0 Å². The molecule has 0 saturated carbocycles. The first-order valence-corrected chi connectivity index (χ1v) is 11.1. The van der Waals surface area contributed by atoms with Gasteiger partial charge in [0.25, 0.3) is 23.6 Å². The molecule has 0 unspecified atom stereocenters. The van der Waals surface area contributed by atoms with Crippen molar-refractivity contribution in [1.82, 2.24) is 9.80 Å². The number of amides is 4. The van der Waals surface area contributed by atoms with Crippen LogP contribution in [0.5, 0.6) is 0 Å². The van der Waals surface area contributed by atoms with E-state index in [0.29, 0.717) is 33.0 Å². The number of β-amino-alcohol motifs (C(OH)–C–C–N with tert-alkyl or cyclic N) is 1. The van der Waals surface area contributed by atoms with Crippen LogP contribution in [-0.2, 0) is 0 Å². The molecule has 8 heteroatoms. The molecule has 0 fully saturated rings. The second-order valence-electron chi connectivity index (χ2n) is 8.81. The van der Waals surface area contributed by atoms with E-state index < -0.39 is 30.4 Å². The highest BCUT2D eigenvalue weighted by Crippen LogP contribution is 2.46. The fourth-order valence-electron chi connectivity index (χ4n) is 5.80. The summed E-state index contributed by atoms with van der Waals surface area (Å²) >= 11 is 0. The first-order chi connectivity index (χ1) is 17.0. The number of nitrogens with zero attached hydrogens (tertiary/aromatic N) is 2. The van der Waals surface area contributed by atoms with Gasteiger partial charge in [0.15, 0.2) is 0 Å². The summed E-state index contributed by atoms with van der Waals surface area (Å²) in [5, 5.41) is 24.8. The molecule has 2 heterocycles. The molecule has 5 aromatic rings. The number of imide groups is 2. The normalized spacial score (nSPS) is 15.6. The number of aliphatic hydroxyl groups is 2. The van der Waals surface area contributed by atoms with Crippen molar-refractivity contribution in [3.05, 3.63) is 70.8 Å². The number of carbonyl (C=O) groups excluding carboxylic acids is 4. The molecule has 0 spiro atoms. The van der Waals surface area contributed by atoms with Gasteiger partial charge in [0.2, 0.25) is 0 Å². The SMILES string of the molecule is O=C1c2ccc3c4ccc5c6c(ccc(c7ccc(c2c37)C(=O)N1CO)c64)C(=O)N(CCO)C5=O. The molecular formula is C27H16N2O6. The summed E-state index contributed by atoms with van der Waals surface area (Å²) in [4.78, 5) is 54.0. The van der Waals surface area contributed by atoms with Gasteiger partial charge in [-0.15, -0.1) is 0 Å². The predicted octanol–water partition coefficient (Wildman–Crippen LogP) is 2.87. The summed E-state index contributed by atoms with van der Waals surface area (Å²) in [6.45, 7) is -1.11. The minimum Gasteiger partial charge on any atom is -0.395 e. The maximum atomic E-state index is 13.1. The lowest BCUT2D eigenvalue weighted by Gasteiger charge is -2.29. The largest absolute Gasteiger partial charge is 0.395 e. The van der Waals surface area contributed by atoms with Gasteiger partial charge in [-0.3, -0.25) is 29.0 Å². The van der Waals surface area contributed by atoms with Crippen LogP contribution in [0.1, 0.15) is 41.4 Å². The van der Waals surface area contributed by atoms with Gasteiger partial charge in [0.05, 0.1) is 13.2 Å². The number of hydrogen-bond acceptors (Lipinski definition) is 6. The number of aliphatic hydroxyl groups excluding tert-OH is 2. The maximum absolute atomic E-state index is 13.1. The summed E-state index contributed by atoms with van der Waals surface area (Å²) in [5.41, 5.74) is 1.47. The monoisotopic (exact) mass is 464 g/mol. The summed E-state index contributed by atoms with van der Waals surface area (Å²) in [7, 11) is 0. The lowest BCUT2D eigenvalue weighted by molar-refractivity contribution is 0.0442. The van der Waals surface area contributed by atoms with Crippen LogP contribution in [-0.4, -0.2) is 63.5 Å². The van der Waals surface area contributed by atoms with E-state index in [0.717, 1.165) is 42.1 Å². The molecule has 0 bridgehead atoms. The Kier molecular flexibility index (Phi) is 3.77. The minimum atomic E-state index is -0.703. The van der Waals surface area contributed by atoms with Crippen molar-refractivity contribution < 1.29 is 29.4 Å². The van der Waals surface area contributed by atoms with E-state index in [1.165, 1.54) is 0 Å². The van der Waals surface area contributed by atoms with E-state index in [1.807, 2.05) is 24.3 Å². The van der Waals surface area contributed by atoms with Crippen molar-refractivity contribution in [3.8, 4) is 0 Å². The smallest absolute Gasteiger partial charge is 0.263 e. The number of benzene rings is 5. The first kappa shape index (κ1) is 20.0. The van der Waals surface area contributed by atoms with Crippen LogP contribution in [0.3, 0.4) is 0 Å². The van der Waals surface area contributed by atoms with Gasteiger partial charge < -0.3 is 10.2 Å². The van der Waals surface area contributed by atoms with Gasteiger partial charge in [-0.1, -0.05) is 24.3 Å². The molecule has 2 aliphatic rings. The Bertz CT molecular complexity index is 1720. The van der Waals surface area contributed by atoms with E-state index in [4.69, 9.17) is 0 Å². The summed E-state index contributed by atoms with van der Waals surface area (Å²) in [5.74, 6) is -2.00. The van der Waals surface area contributed by atoms with Gasteiger partial charge in [0, 0.05) is 33.0 Å². The zero-order valence-corrected chi connectivity index (χ0v) is 18.2. The Labute approximate surface area is 196 Å². The van der Waals surface area contributed by atoms with Crippen LogP contribution in [0.2, 0.25) is 0 Å². The second kappa shape index (κ2) is 6.59. The molecule has 2 N–H and O–H groups in total. The highest BCUT2D eigenvalue weighted by molar-refractivity contribution is 6.41. The van der Waals surface area contributed by atoms with Crippen molar-refractivity contribution in [2.75, 3.05) is 19.9 Å². The topological polar surface area (TPSA) is 115 Å². The molecule has 4 amide bonds. The minimum absolute atomic E-state index is 0.0806. The standard InChI is InChI=1S/C27H16N2O6/c30-10-9-28-24(32)16-5-1-12-14-3-7-18-23-19(27(35)29(11-31)26(18)34)8-4-15(21(14)23)13-2-6-17(25(28)33)22(16)20(12)13/h1-8,30-31H,9-11H2. The quantitative estimate of drug-likeness (QED) is 0.241. The molecule has 2 aliphatic heterocycles. The number of carbonyl (C=O) groups is 4. The molecule has 0 atom stereocenters. The van der Waals surface area contributed by atoms with E-state index in [2.05, 4.69) is 0 Å². The summed E-state index contributed by atoms with van der Waals surface area (Å²) in [6.07, 6.45) is 0. The van der Waals surface area contributed by atoms with Gasteiger partial charge in [-0.05, 0) is 56.6 Å². The molecule has 0 saturated heterocycles. The van der Waals surface area contributed by atoms with Crippen molar-refractivity contribution in [3.63, 3.8) is 0 Å². The zero-order chi connectivity index (χ0) is 24.2. The molecule has 0 aliphatic carbocycles. The fraction of sp³-hybridized carbons (Fsp3) is 0.111. The highest BCUT2D eigenvalue weighted by atomic mass is 16.3. The van der Waals surface area contributed by atoms with E-state index in [-0.39, 0.29) is 13.2 Å². The van der Waals surface area contributed by atoms with Crippen molar-refractivity contribution >= 4 is 66.7 Å². The lowest BCUT2D eigenvalue weighted by atomic mass is 9.82. The van der Waals surface area contributed by atoms with Crippen molar-refractivity contribution in [1.29, 1.82) is 0 Å². The van der Waals surface area contributed by atoms with E-state index in [9.17, 15) is 29.4 Å². The van der Waals surface area contributed by atoms with Crippen molar-refractivity contribution in [2.45, 2.75) is 0 Å². The Morgan fingerprint density at radius 3 is 1.14 bits per heavy atom. The number of hydrogen-bond donors (Lipinski definition) is 2. The van der Waals surface area contributed by atoms with E-state index >= 15 is 0 Å². The fourth-order valence-corrected chi connectivity index (χ4v) is 5.80. The number of fused-ring (bicyclic) bond motifs is 2. The van der Waals surface area contributed by atoms with Gasteiger partial charge in [-0.25, -0.2) is 0 Å².